The summed E-state index contributed by atoms with van der Waals surface area (Å²) in [5.41, 5.74) is 2.68. The predicted molar refractivity (Wildman–Crippen MR) is 60.4 cm³/mol. The molecule has 1 fully saturated rings. The van der Waals surface area contributed by atoms with E-state index >= 15 is 0 Å². The average molecular weight is 207 g/mol. The Morgan fingerprint density at radius 3 is 3.07 bits per heavy atom. The van der Waals surface area contributed by atoms with Gasteiger partial charge in [0, 0.05) is 23.7 Å². The minimum absolute atomic E-state index is 0.451. The highest BCUT2D eigenvalue weighted by Gasteiger charge is 2.20. The smallest absolute Gasteiger partial charge is 0.120 e. The Labute approximate surface area is 88.0 Å². The van der Waals surface area contributed by atoms with Gasteiger partial charge in [0.2, 0.25) is 0 Å². The number of hydrogen-bond donors (Lipinski definition) is 1. The number of ether oxygens (including phenoxy) is 1. The molecule has 2 nitrogen and oxygen atoms in total. The molecule has 0 bridgehead atoms. The molecule has 0 radical (unpaired) electrons. The quantitative estimate of drug-likeness (QED) is 0.803. The second-order valence-corrected chi connectivity index (χ2v) is 4.85. The molecule has 2 aliphatic rings. The number of thioether (sulfide) groups is 1. The molecule has 3 heteroatoms. The minimum atomic E-state index is 0.451. The van der Waals surface area contributed by atoms with Gasteiger partial charge >= 0.3 is 0 Å². The highest BCUT2D eigenvalue weighted by Crippen LogP contribution is 2.29. The molecular weight excluding hydrogens is 194 g/mol. The van der Waals surface area contributed by atoms with E-state index in [1.807, 2.05) is 11.8 Å². The van der Waals surface area contributed by atoms with Crippen molar-refractivity contribution >= 4 is 17.4 Å². The van der Waals surface area contributed by atoms with Crippen LogP contribution in [0.2, 0.25) is 0 Å². The Kier molecular flexibility index (Phi) is 2.05. The summed E-state index contributed by atoms with van der Waals surface area (Å²) < 4.78 is 5.83. The molecule has 14 heavy (non-hydrogen) atoms. The summed E-state index contributed by atoms with van der Waals surface area (Å²) in [5.74, 6) is 3.34. The second-order valence-electron chi connectivity index (χ2n) is 3.77. The van der Waals surface area contributed by atoms with Gasteiger partial charge in [-0.05, 0) is 30.2 Å². The Balaban J connectivity index is 1.78. The topological polar surface area (TPSA) is 21.3 Å². The summed E-state index contributed by atoms with van der Waals surface area (Å²) in [5, 5.41) is 3.35. The van der Waals surface area contributed by atoms with E-state index in [0.717, 1.165) is 30.2 Å². The van der Waals surface area contributed by atoms with Crippen molar-refractivity contribution in [2.75, 3.05) is 23.4 Å². The van der Waals surface area contributed by atoms with Crippen molar-refractivity contribution in [3.63, 3.8) is 0 Å². The van der Waals surface area contributed by atoms with Crippen LogP contribution in [0.3, 0.4) is 0 Å². The van der Waals surface area contributed by atoms with Crippen LogP contribution in [-0.2, 0) is 6.42 Å². The van der Waals surface area contributed by atoms with E-state index < -0.39 is 0 Å². The monoisotopic (exact) mass is 207 g/mol. The van der Waals surface area contributed by atoms with Crippen molar-refractivity contribution < 1.29 is 4.74 Å². The van der Waals surface area contributed by atoms with Gasteiger partial charge in [0.25, 0.3) is 0 Å². The normalized spacial score (nSPS) is 19.7. The number of benzene rings is 1. The molecule has 0 unspecified atom stereocenters. The van der Waals surface area contributed by atoms with Crippen LogP contribution >= 0.6 is 11.8 Å². The van der Waals surface area contributed by atoms with Crippen LogP contribution in [0.25, 0.3) is 0 Å². The van der Waals surface area contributed by atoms with Crippen molar-refractivity contribution in [2.24, 2.45) is 0 Å². The van der Waals surface area contributed by atoms with E-state index in [2.05, 4.69) is 23.5 Å². The standard InChI is InChI=1S/C11H13NOS/c1-2-11-8(3-4-12-11)5-9(1)13-10-6-14-7-10/h1-2,5,10,12H,3-4,6-7H2. The minimum Gasteiger partial charge on any atom is -0.489 e. The molecule has 3 rings (SSSR count). The lowest BCUT2D eigenvalue weighted by Crippen LogP contribution is -2.30. The van der Waals surface area contributed by atoms with Crippen LogP contribution in [-0.4, -0.2) is 24.2 Å². The maximum Gasteiger partial charge on any atom is 0.120 e. The van der Waals surface area contributed by atoms with Gasteiger partial charge < -0.3 is 10.1 Å². The summed E-state index contributed by atoms with van der Waals surface area (Å²) in [6.45, 7) is 1.07. The first-order chi connectivity index (χ1) is 6.92. The molecule has 0 aromatic heterocycles. The maximum absolute atomic E-state index is 5.83. The third kappa shape index (κ3) is 1.46. The van der Waals surface area contributed by atoms with Crippen LogP contribution < -0.4 is 10.1 Å². The van der Waals surface area contributed by atoms with Gasteiger partial charge in [0.15, 0.2) is 0 Å². The van der Waals surface area contributed by atoms with Crippen LogP contribution in [0, 0.1) is 0 Å². The van der Waals surface area contributed by atoms with E-state index in [0.29, 0.717) is 6.10 Å². The van der Waals surface area contributed by atoms with Crippen molar-refractivity contribution in [3.8, 4) is 5.75 Å². The molecule has 0 aliphatic carbocycles. The third-order valence-corrected chi connectivity index (χ3v) is 3.91. The molecule has 2 heterocycles. The molecule has 1 saturated heterocycles. The molecule has 0 saturated carbocycles. The van der Waals surface area contributed by atoms with Gasteiger partial charge in [0.1, 0.15) is 11.9 Å². The molecule has 0 amide bonds. The zero-order valence-corrected chi connectivity index (χ0v) is 8.77. The second kappa shape index (κ2) is 3.39. The molecule has 1 aromatic rings. The Morgan fingerprint density at radius 2 is 2.29 bits per heavy atom. The first kappa shape index (κ1) is 8.48. The lowest BCUT2D eigenvalue weighted by atomic mass is 10.1. The molecule has 2 aliphatic heterocycles. The van der Waals surface area contributed by atoms with Crippen LogP contribution in [0.5, 0.6) is 5.75 Å². The number of nitrogens with one attached hydrogen (secondary N) is 1. The van der Waals surface area contributed by atoms with Crippen LogP contribution in [0.4, 0.5) is 5.69 Å². The fraction of sp³-hybridized carbons (Fsp3) is 0.455. The zero-order valence-electron chi connectivity index (χ0n) is 7.95. The SMILES string of the molecule is c1cc2c(cc1OC1CSC1)CCN2. The van der Waals surface area contributed by atoms with Crippen molar-refractivity contribution in [3.05, 3.63) is 23.8 Å². The number of hydrogen-bond acceptors (Lipinski definition) is 3. The molecule has 74 valence electrons. The third-order valence-electron chi connectivity index (χ3n) is 2.70. The highest BCUT2D eigenvalue weighted by molar-refractivity contribution is 8.00. The Hall–Kier alpha value is -0.830. The lowest BCUT2D eigenvalue weighted by molar-refractivity contribution is 0.240. The summed E-state index contributed by atoms with van der Waals surface area (Å²) in [6, 6.07) is 6.38. The van der Waals surface area contributed by atoms with Gasteiger partial charge in [-0.15, -0.1) is 0 Å². The summed E-state index contributed by atoms with van der Waals surface area (Å²) in [6.07, 6.45) is 1.58. The van der Waals surface area contributed by atoms with Crippen LogP contribution in [0.1, 0.15) is 5.56 Å². The summed E-state index contributed by atoms with van der Waals surface area (Å²) in [7, 11) is 0. The molecular formula is C11H13NOS. The van der Waals surface area contributed by atoms with Crippen molar-refractivity contribution in [1.29, 1.82) is 0 Å². The van der Waals surface area contributed by atoms with Gasteiger partial charge in [0.05, 0.1) is 0 Å². The van der Waals surface area contributed by atoms with Crippen molar-refractivity contribution in [2.45, 2.75) is 12.5 Å². The lowest BCUT2D eigenvalue weighted by Gasteiger charge is -2.26. The molecule has 1 N–H and O–H groups in total. The van der Waals surface area contributed by atoms with Gasteiger partial charge in [-0.1, -0.05) is 0 Å². The molecule has 0 spiro atoms. The number of anilines is 1. The van der Waals surface area contributed by atoms with E-state index in [4.69, 9.17) is 4.74 Å². The maximum atomic E-state index is 5.83. The fourth-order valence-corrected chi connectivity index (χ4v) is 2.39. The van der Waals surface area contributed by atoms with E-state index in [1.54, 1.807) is 0 Å². The Bertz CT molecular complexity index is 349. The van der Waals surface area contributed by atoms with Gasteiger partial charge in [-0.2, -0.15) is 11.8 Å². The number of rotatable bonds is 2. The first-order valence-corrected chi connectivity index (χ1v) is 6.18. The first-order valence-electron chi connectivity index (χ1n) is 5.03. The molecule has 1 aromatic carbocycles. The van der Waals surface area contributed by atoms with Gasteiger partial charge in [-0.25, -0.2) is 0 Å². The van der Waals surface area contributed by atoms with Crippen molar-refractivity contribution in [1.82, 2.24) is 0 Å². The number of fused-ring (bicyclic) bond motifs is 1. The summed E-state index contributed by atoms with van der Waals surface area (Å²) >= 11 is 1.95. The van der Waals surface area contributed by atoms with E-state index in [-0.39, 0.29) is 0 Å². The fourth-order valence-electron chi connectivity index (χ4n) is 1.83. The summed E-state index contributed by atoms with van der Waals surface area (Å²) in [4.78, 5) is 0. The van der Waals surface area contributed by atoms with Gasteiger partial charge in [-0.3, -0.25) is 0 Å². The highest BCUT2D eigenvalue weighted by atomic mass is 32.2. The van der Waals surface area contributed by atoms with E-state index in [9.17, 15) is 0 Å². The molecule has 0 atom stereocenters. The predicted octanol–water partition coefficient (Wildman–Crippen LogP) is 2.15. The Morgan fingerprint density at radius 1 is 1.36 bits per heavy atom. The van der Waals surface area contributed by atoms with Crippen LogP contribution in [0.15, 0.2) is 18.2 Å². The van der Waals surface area contributed by atoms with E-state index in [1.165, 1.54) is 11.3 Å². The largest absolute Gasteiger partial charge is 0.489 e. The average Bonchev–Trinajstić information content (AvgIpc) is 2.58. The zero-order chi connectivity index (χ0) is 9.38.